The van der Waals surface area contributed by atoms with Gasteiger partial charge in [-0.1, -0.05) is 13.8 Å². The highest BCUT2D eigenvalue weighted by atomic mass is 35.5. The molecule has 0 aliphatic carbocycles. The highest BCUT2D eigenvalue weighted by Gasteiger charge is 2.21. The molecule has 3 nitrogen and oxygen atoms in total. The van der Waals surface area contributed by atoms with Gasteiger partial charge in [-0.25, -0.2) is 9.97 Å². The zero-order chi connectivity index (χ0) is 10.8. The smallest absolute Gasteiger partial charge is 0.222 e. The predicted octanol–water partition coefficient (Wildman–Crippen LogP) is 3.23. The van der Waals surface area contributed by atoms with Crippen LogP contribution in [0, 0.1) is 0 Å². The third kappa shape index (κ3) is 2.12. The molecule has 0 saturated heterocycles. The van der Waals surface area contributed by atoms with Gasteiger partial charge in [0.25, 0.3) is 0 Å². The number of halogens is 1. The van der Waals surface area contributed by atoms with Crippen LogP contribution in [-0.2, 0) is 4.74 Å². The van der Waals surface area contributed by atoms with E-state index < -0.39 is 0 Å². The van der Waals surface area contributed by atoms with Gasteiger partial charge in [-0.2, -0.15) is 0 Å². The van der Waals surface area contributed by atoms with Crippen molar-refractivity contribution >= 4 is 11.6 Å². The van der Waals surface area contributed by atoms with Gasteiger partial charge in [0.1, 0.15) is 6.10 Å². The van der Waals surface area contributed by atoms with E-state index in [1.165, 1.54) is 0 Å². The van der Waals surface area contributed by atoms with E-state index in [-0.39, 0.29) is 6.10 Å². The quantitative estimate of drug-likeness (QED) is 0.724. The van der Waals surface area contributed by atoms with Crippen LogP contribution in [-0.4, -0.2) is 9.97 Å². The summed E-state index contributed by atoms with van der Waals surface area (Å²) >= 11 is 5.79. The second kappa shape index (κ2) is 4.19. The standard InChI is InChI=1S/C11H13ClN2O/c1-7(2)10-8(6-13-11(12)14-10)9-4-3-5-15-9/h3,5-7,9H,4H2,1-2H3. The molecular formula is C11H13ClN2O. The van der Waals surface area contributed by atoms with Crippen molar-refractivity contribution in [3.63, 3.8) is 0 Å². The van der Waals surface area contributed by atoms with Crippen LogP contribution in [0.5, 0.6) is 0 Å². The van der Waals surface area contributed by atoms with E-state index in [2.05, 4.69) is 23.8 Å². The molecule has 1 unspecified atom stereocenters. The molecule has 0 amide bonds. The minimum absolute atomic E-state index is 0.0552. The van der Waals surface area contributed by atoms with Gasteiger partial charge < -0.3 is 4.74 Å². The average Bonchev–Trinajstić information content (AvgIpc) is 2.70. The Balaban J connectivity index is 2.36. The number of hydrogen-bond acceptors (Lipinski definition) is 3. The van der Waals surface area contributed by atoms with Crippen molar-refractivity contribution in [1.29, 1.82) is 0 Å². The Bertz CT molecular complexity index is 382. The molecule has 0 radical (unpaired) electrons. The van der Waals surface area contributed by atoms with Crippen molar-refractivity contribution < 1.29 is 4.74 Å². The summed E-state index contributed by atoms with van der Waals surface area (Å²) in [5.41, 5.74) is 2.02. The Labute approximate surface area is 94.1 Å². The van der Waals surface area contributed by atoms with Crippen molar-refractivity contribution in [2.45, 2.75) is 32.3 Å². The lowest BCUT2D eigenvalue weighted by molar-refractivity contribution is 0.171. The molecule has 2 rings (SSSR count). The summed E-state index contributed by atoms with van der Waals surface area (Å²) in [4.78, 5) is 8.28. The van der Waals surface area contributed by atoms with Crippen molar-refractivity contribution in [1.82, 2.24) is 9.97 Å². The number of nitrogens with zero attached hydrogens (tertiary/aromatic N) is 2. The van der Waals surface area contributed by atoms with Crippen LogP contribution >= 0.6 is 11.6 Å². The average molecular weight is 225 g/mol. The summed E-state index contributed by atoms with van der Waals surface area (Å²) in [6, 6.07) is 0. The summed E-state index contributed by atoms with van der Waals surface area (Å²) in [7, 11) is 0. The van der Waals surface area contributed by atoms with Crippen LogP contribution in [0.25, 0.3) is 0 Å². The minimum atomic E-state index is 0.0552. The lowest BCUT2D eigenvalue weighted by Crippen LogP contribution is -2.06. The SMILES string of the molecule is CC(C)c1nc(Cl)ncc1C1CC=CO1. The molecule has 1 aliphatic heterocycles. The second-order valence-corrected chi connectivity index (χ2v) is 4.20. The van der Waals surface area contributed by atoms with Crippen molar-refractivity contribution in [2.75, 3.05) is 0 Å². The van der Waals surface area contributed by atoms with Crippen LogP contribution in [0.2, 0.25) is 5.28 Å². The first-order valence-corrected chi connectivity index (χ1v) is 5.39. The first-order valence-electron chi connectivity index (χ1n) is 5.01. The molecular weight excluding hydrogens is 212 g/mol. The molecule has 1 atom stereocenters. The molecule has 0 aromatic carbocycles. The maximum atomic E-state index is 5.79. The lowest BCUT2D eigenvalue weighted by Gasteiger charge is -2.16. The fourth-order valence-corrected chi connectivity index (χ4v) is 1.82. The number of aromatic nitrogens is 2. The van der Waals surface area contributed by atoms with E-state index in [1.807, 2.05) is 6.08 Å². The number of ether oxygens (including phenoxy) is 1. The molecule has 0 spiro atoms. The fourth-order valence-electron chi connectivity index (χ4n) is 1.68. The highest BCUT2D eigenvalue weighted by Crippen LogP contribution is 2.31. The molecule has 80 valence electrons. The number of hydrogen-bond donors (Lipinski definition) is 0. The second-order valence-electron chi connectivity index (χ2n) is 3.87. The van der Waals surface area contributed by atoms with E-state index in [9.17, 15) is 0 Å². The maximum Gasteiger partial charge on any atom is 0.222 e. The molecule has 0 N–H and O–H groups in total. The third-order valence-electron chi connectivity index (χ3n) is 2.40. The molecule has 1 aliphatic rings. The molecule has 0 fully saturated rings. The van der Waals surface area contributed by atoms with Gasteiger partial charge in [0.05, 0.1) is 12.0 Å². The molecule has 2 heterocycles. The fraction of sp³-hybridized carbons (Fsp3) is 0.455. The number of rotatable bonds is 2. The van der Waals surface area contributed by atoms with Crippen molar-refractivity contribution in [2.24, 2.45) is 0 Å². The summed E-state index contributed by atoms with van der Waals surface area (Å²) in [6.07, 6.45) is 6.43. The van der Waals surface area contributed by atoms with Crippen LogP contribution < -0.4 is 0 Å². The zero-order valence-corrected chi connectivity index (χ0v) is 9.53. The monoisotopic (exact) mass is 224 g/mol. The molecule has 15 heavy (non-hydrogen) atoms. The first kappa shape index (κ1) is 10.4. The Hall–Kier alpha value is -1.09. The summed E-state index contributed by atoms with van der Waals surface area (Å²) in [5, 5.41) is 0.299. The van der Waals surface area contributed by atoms with Gasteiger partial charge in [-0.3, -0.25) is 0 Å². The Morgan fingerprint density at radius 3 is 2.93 bits per heavy atom. The van der Waals surface area contributed by atoms with Gasteiger partial charge in [-0.05, 0) is 23.6 Å². The van der Waals surface area contributed by atoms with Crippen LogP contribution in [0.4, 0.5) is 0 Å². The largest absolute Gasteiger partial charge is 0.493 e. The highest BCUT2D eigenvalue weighted by molar-refractivity contribution is 6.28. The molecule has 1 aromatic rings. The Morgan fingerprint density at radius 2 is 2.33 bits per heavy atom. The van der Waals surface area contributed by atoms with Crippen molar-refractivity contribution in [3.05, 3.63) is 35.1 Å². The van der Waals surface area contributed by atoms with Gasteiger partial charge in [0.2, 0.25) is 5.28 Å². The molecule has 0 bridgehead atoms. The molecule has 4 heteroatoms. The summed E-state index contributed by atoms with van der Waals surface area (Å²) in [6.45, 7) is 4.18. The van der Waals surface area contributed by atoms with Crippen LogP contribution in [0.15, 0.2) is 18.5 Å². The zero-order valence-electron chi connectivity index (χ0n) is 8.77. The summed E-state index contributed by atoms with van der Waals surface area (Å²) < 4.78 is 5.47. The normalized spacial score (nSPS) is 19.6. The Kier molecular flexibility index (Phi) is 2.91. The van der Waals surface area contributed by atoms with Gasteiger partial charge in [0.15, 0.2) is 0 Å². The molecule has 0 saturated carbocycles. The maximum absolute atomic E-state index is 5.79. The van der Waals surface area contributed by atoms with Gasteiger partial charge in [-0.15, -0.1) is 0 Å². The van der Waals surface area contributed by atoms with Crippen LogP contribution in [0.3, 0.4) is 0 Å². The minimum Gasteiger partial charge on any atom is -0.493 e. The van der Waals surface area contributed by atoms with E-state index in [0.717, 1.165) is 17.7 Å². The predicted molar refractivity (Wildman–Crippen MR) is 58.7 cm³/mol. The van der Waals surface area contributed by atoms with Crippen molar-refractivity contribution in [3.8, 4) is 0 Å². The van der Waals surface area contributed by atoms with E-state index in [4.69, 9.17) is 16.3 Å². The lowest BCUT2D eigenvalue weighted by atomic mass is 10.0. The van der Waals surface area contributed by atoms with E-state index in [1.54, 1.807) is 12.5 Å². The van der Waals surface area contributed by atoms with Gasteiger partial charge in [0, 0.05) is 18.2 Å². The summed E-state index contributed by atoms with van der Waals surface area (Å²) in [5.74, 6) is 0.324. The van der Waals surface area contributed by atoms with E-state index in [0.29, 0.717) is 11.2 Å². The third-order valence-corrected chi connectivity index (χ3v) is 2.58. The van der Waals surface area contributed by atoms with E-state index >= 15 is 0 Å². The molecule has 1 aromatic heterocycles. The van der Waals surface area contributed by atoms with Gasteiger partial charge >= 0.3 is 0 Å². The topological polar surface area (TPSA) is 35.0 Å². The first-order chi connectivity index (χ1) is 7.18. The Morgan fingerprint density at radius 1 is 1.53 bits per heavy atom. The van der Waals surface area contributed by atoms with Crippen LogP contribution in [0.1, 0.15) is 43.5 Å².